The maximum atomic E-state index is 12.2. The highest BCUT2D eigenvalue weighted by Gasteiger charge is 2.35. The molecule has 0 heterocycles. The number of Topliss-reactive ketones (excluding diaryl/α,β-unsaturated/α-hetero) is 1. The van der Waals surface area contributed by atoms with Crippen molar-refractivity contribution in [1.29, 1.82) is 0 Å². The first kappa shape index (κ1) is 48.3. The van der Waals surface area contributed by atoms with Crippen molar-refractivity contribution in [3.63, 3.8) is 0 Å². The predicted molar refractivity (Wildman–Crippen MR) is 230 cm³/mol. The molecule has 8 nitrogen and oxygen atoms in total. The Hall–Kier alpha value is -4.82. The number of aliphatic hydroxyl groups is 1. The SMILES string of the molecule is CC(C=CC=C(C)C=CC1=C(C)CC(OC(=O)CCC(=O)O)CC1(C)C)=CC=CC=C(C)C=CC=C(C)C=CC1=C(C)CC(OC(=O)CCC(=O)CO)CC1(C)C. The maximum Gasteiger partial charge on any atom is 0.306 e. The van der Waals surface area contributed by atoms with Crippen molar-refractivity contribution in [1.82, 2.24) is 0 Å². The van der Waals surface area contributed by atoms with E-state index in [1.165, 1.54) is 22.3 Å². The van der Waals surface area contributed by atoms with Gasteiger partial charge in [-0.1, -0.05) is 146 Å². The maximum absolute atomic E-state index is 12.2. The number of aliphatic hydroxyl groups excluding tert-OH is 1. The van der Waals surface area contributed by atoms with E-state index in [1.807, 2.05) is 24.3 Å². The lowest BCUT2D eigenvalue weighted by Crippen LogP contribution is -2.32. The monoisotopic (exact) mass is 782 g/mol. The van der Waals surface area contributed by atoms with E-state index >= 15 is 0 Å². The van der Waals surface area contributed by atoms with E-state index in [0.29, 0.717) is 25.7 Å². The van der Waals surface area contributed by atoms with Crippen LogP contribution >= 0.6 is 0 Å². The molecular weight excluding hydrogens is 717 g/mol. The summed E-state index contributed by atoms with van der Waals surface area (Å²) < 4.78 is 11.3. The third-order valence-corrected chi connectivity index (χ3v) is 10.1. The quantitative estimate of drug-likeness (QED) is 0.0979. The fourth-order valence-corrected chi connectivity index (χ4v) is 7.25. The molecule has 0 aromatic carbocycles. The number of rotatable bonds is 19. The van der Waals surface area contributed by atoms with Crippen molar-refractivity contribution >= 4 is 23.7 Å². The molecule has 2 unspecified atom stereocenters. The summed E-state index contributed by atoms with van der Waals surface area (Å²) in [5.74, 6) is -2.21. The number of carboxylic acid groups (broad SMARTS) is 1. The first-order valence-electron chi connectivity index (χ1n) is 19.9. The molecule has 2 aliphatic carbocycles. The lowest BCUT2D eigenvalue weighted by molar-refractivity contribution is -0.153. The zero-order valence-corrected chi connectivity index (χ0v) is 35.9. The van der Waals surface area contributed by atoms with Gasteiger partial charge in [-0.15, -0.1) is 0 Å². The number of carboxylic acids is 1. The fraction of sp³-hybridized carbons (Fsp3) is 0.469. The second-order valence-electron chi connectivity index (χ2n) is 16.7. The van der Waals surface area contributed by atoms with E-state index < -0.39 is 24.5 Å². The lowest BCUT2D eigenvalue weighted by atomic mass is 9.71. The largest absolute Gasteiger partial charge is 0.481 e. The topological polar surface area (TPSA) is 127 Å². The molecule has 0 spiro atoms. The highest BCUT2D eigenvalue weighted by molar-refractivity contribution is 5.83. The van der Waals surface area contributed by atoms with Gasteiger partial charge in [0, 0.05) is 19.3 Å². The standard InChI is InChI=1S/C49H66O8/c1-34(17-13-19-36(3)21-24-43-38(5)29-41(31-48(43,7)8)56-46(54)27-23-40(51)33-50)15-11-12-16-35(2)18-14-20-37(4)22-25-44-39(6)30-42(32-49(44,9)10)57-47(55)28-26-45(52)53/h11-22,24-25,41-42,50H,23,26-33H2,1-10H3,(H,52,53). The van der Waals surface area contributed by atoms with E-state index in [-0.39, 0.29) is 54.5 Å². The minimum Gasteiger partial charge on any atom is -0.481 e. The van der Waals surface area contributed by atoms with E-state index in [1.54, 1.807) is 0 Å². The second-order valence-corrected chi connectivity index (χ2v) is 16.7. The number of allylic oxidation sites excluding steroid dienone is 20. The Morgan fingerprint density at radius 2 is 0.965 bits per heavy atom. The summed E-state index contributed by atoms with van der Waals surface area (Å²) in [6.45, 7) is 20.5. The average Bonchev–Trinajstić information content (AvgIpc) is 3.10. The van der Waals surface area contributed by atoms with Crippen LogP contribution in [0.1, 0.15) is 121 Å². The molecule has 0 bridgehead atoms. The molecule has 57 heavy (non-hydrogen) atoms. The van der Waals surface area contributed by atoms with Crippen molar-refractivity contribution in [3.8, 4) is 0 Å². The molecule has 0 aliphatic heterocycles. The molecule has 2 aliphatic rings. The Morgan fingerprint density at radius 3 is 1.33 bits per heavy atom. The Balaban J connectivity index is 1.91. The molecule has 0 fully saturated rings. The van der Waals surface area contributed by atoms with Gasteiger partial charge in [-0.25, -0.2) is 0 Å². The summed E-state index contributed by atoms with van der Waals surface area (Å²) in [5.41, 5.74) is 8.96. The van der Waals surface area contributed by atoms with Crippen LogP contribution in [0.25, 0.3) is 0 Å². The minimum atomic E-state index is -1.00. The Bertz CT molecular complexity index is 1810. The molecular formula is C49H66O8. The molecule has 2 atom stereocenters. The molecule has 2 rings (SSSR count). The summed E-state index contributed by atoms with van der Waals surface area (Å²) in [6, 6.07) is 0. The normalized spacial score (nSPS) is 21.2. The van der Waals surface area contributed by atoms with Crippen molar-refractivity contribution in [2.45, 2.75) is 133 Å². The smallest absolute Gasteiger partial charge is 0.306 e. The van der Waals surface area contributed by atoms with Gasteiger partial charge in [-0.2, -0.15) is 0 Å². The molecule has 0 aromatic heterocycles. The summed E-state index contributed by atoms with van der Waals surface area (Å²) in [7, 11) is 0. The van der Waals surface area contributed by atoms with Crippen LogP contribution in [0.2, 0.25) is 0 Å². The van der Waals surface area contributed by atoms with Gasteiger partial charge in [0.2, 0.25) is 0 Å². The second kappa shape index (κ2) is 23.4. The van der Waals surface area contributed by atoms with Crippen LogP contribution in [0, 0.1) is 10.8 Å². The highest BCUT2D eigenvalue weighted by Crippen LogP contribution is 2.43. The van der Waals surface area contributed by atoms with Crippen LogP contribution in [-0.4, -0.2) is 52.7 Å². The Morgan fingerprint density at radius 1 is 0.596 bits per heavy atom. The predicted octanol–water partition coefficient (Wildman–Crippen LogP) is 10.9. The van der Waals surface area contributed by atoms with Crippen molar-refractivity contribution in [3.05, 3.63) is 130 Å². The van der Waals surface area contributed by atoms with Gasteiger partial charge in [0.25, 0.3) is 0 Å². The van der Waals surface area contributed by atoms with Crippen LogP contribution in [0.4, 0.5) is 0 Å². The number of ketones is 1. The van der Waals surface area contributed by atoms with Gasteiger partial charge in [-0.3, -0.25) is 19.2 Å². The minimum absolute atomic E-state index is 0.00256. The zero-order chi connectivity index (χ0) is 42.8. The van der Waals surface area contributed by atoms with E-state index in [9.17, 15) is 19.2 Å². The van der Waals surface area contributed by atoms with E-state index in [0.717, 1.165) is 22.3 Å². The highest BCUT2D eigenvalue weighted by atomic mass is 16.5. The Labute approximate surface area is 341 Å². The Kier molecular flexibility index (Phi) is 19.9. The number of carbonyl (C=O) groups is 4. The van der Waals surface area contributed by atoms with Crippen LogP contribution in [0.15, 0.2) is 130 Å². The van der Waals surface area contributed by atoms with Crippen LogP contribution < -0.4 is 0 Å². The third-order valence-electron chi connectivity index (χ3n) is 10.1. The van der Waals surface area contributed by atoms with Crippen LogP contribution in [-0.2, 0) is 28.7 Å². The van der Waals surface area contributed by atoms with E-state index in [4.69, 9.17) is 19.7 Å². The van der Waals surface area contributed by atoms with Crippen molar-refractivity contribution in [2.75, 3.05) is 6.61 Å². The van der Waals surface area contributed by atoms with Gasteiger partial charge >= 0.3 is 17.9 Å². The van der Waals surface area contributed by atoms with Crippen molar-refractivity contribution < 1.29 is 38.9 Å². The zero-order valence-electron chi connectivity index (χ0n) is 35.9. The first-order chi connectivity index (χ1) is 26.7. The number of hydrogen-bond acceptors (Lipinski definition) is 7. The molecule has 0 aromatic rings. The fourth-order valence-electron chi connectivity index (χ4n) is 7.25. The summed E-state index contributed by atoms with van der Waals surface area (Å²) >= 11 is 0. The molecule has 8 heteroatoms. The third kappa shape index (κ3) is 18.3. The van der Waals surface area contributed by atoms with Gasteiger partial charge in [0.1, 0.15) is 18.8 Å². The number of carbonyl (C=O) groups excluding carboxylic acids is 3. The van der Waals surface area contributed by atoms with Crippen LogP contribution in [0.3, 0.4) is 0 Å². The van der Waals surface area contributed by atoms with Gasteiger partial charge in [0.15, 0.2) is 5.78 Å². The lowest BCUT2D eigenvalue weighted by Gasteiger charge is -2.37. The summed E-state index contributed by atoms with van der Waals surface area (Å²) in [6.07, 6.45) is 31.0. The molecule has 0 amide bonds. The average molecular weight is 783 g/mol. The number of hydrogen-bond donors (Lipinski definition) is 2. The van der Waals surface area contributed by atoms with Gasteiger partial charge < -0.3 is 19.7 Å². The number of ether oxygens (including phenoxy) is 2. The van der Waals surface area contributed by atoms with Gasteiger partial charge in [0.05, 0.1) is 19.3 Å². The van der Waals surface area contributed by atoms with Crippen LogP contribution in [0.5, 0.6) is 0 Å². The number of esters is 2. The summed E-state index contributed by atoms with van der Waals surface area (Å²) in [4.78, 5) is 46.4. The molecule has 0 radical (unpaired) electrons. The molecule has 0 saturated heterocycles. The first-order valence-corrected chi connectivity index (χ1v) is 19.9. The molecule has 310 valence electrons. The summed E-state index contributed by atoms with van der Waals surface area (Å²) in [5, 5.41) is 17.7. The van der Waals surface area contributed by atoms with Crippen molar-refractivity contribution in [2.24, 2.45) is 10.8 Å². The van der Waals surface area contributed by atoms with E-state index in [2.05, 4.69) is 130 Å². The van der Waals surface area contributed by atoms with Gasteiger partial charge in [-0.05, 0) is 76.4 Å². The number of aliphatic carboxylic acids is 1. The molecule has 0 saturated carbocycles. The molecule has 2 N–H and O–H groups in total.